The number of phenols is 4. The lowest BCUT2D eigenvalue weighted by molar-refractivity contribution is 0.247. The van der Waals surface area contributed by atoms with Crippen molar-refractivity contribution in [1.29, 1.82) is 0 Å². The summed E-state index contributed by atoms with van der Waals surface area (Å²) in [6.45, 7) is 2.22. The smallest absolute Gasteiger partial charge is 0.123 e. The summed E-state index contributed by atoms with van der Waals surface area (Å²) in [6.07, 6.45) is 5.55. The Morgan fingerprint density at radius 1 is 0.800 bits per heavy atom. The second kappa shape index (κ2) is 7.26. The molecule has 0 saturated heterocycles. The normalized spacial score (nSPS) is 20.7. The average molecular weight is 342 g/mol. The summed E-state index contributed by atoms with van der Waals surface area (Å²) in [5.41, 5.74) is 1.41. The van der Waals surface area contributed by atoms with Crippen LogP contribution in [0.15, 0.2) is 36.4 Å². The molecule has 134 valence electrons. The monoisotopic (exact) mass is 342 g/mol. The van der Waals surface area contributed by atoms with Gasteiger partial charge in [-0.05, 0) is 36.8 Å². The fourth-order valence-electron chi connectivity index (χ4n) is 4.20. The maximum absolute atomic E-state index is 10.4. The first-order valence-electron chi connectivity index (χ1n) is 9.03. The van der Waals surface area contributed by atoms with Crippen molar-refractivity contribution in [2.75, 3.05) is 0 Å². The molecule has 0 heterocycles. The van der Waals surface area contributed by atoms with E-state index in [4.69, 9.17) is 0 Å². The zero-order chi connectivity index (χ0) is 18.0. The topological polar surface area (TPSA) is 80.9 Å². The molecule has 1 aliphatic carbocycles. The van der Waals surface area contributed by atoms with Crippen molar-refractivity contribution in [2.24, 2.45) is 11.8 Å². The summed E-state index contributed by atoms with van der Waals surface area (Å²) in [6, 6.07) is 9.28. The molecule has 0 radical (unpaired) electrons. The molecule has 0 aliphatic heterocycles. The Labute approximate surface area is 148 Å². The number of aromatic hydroxyl groups is 4. The predicted molar refractivity (Wildman–Crippen MR) is 97.1 cm³/mol. The van der Waals surface area contributed by atoms with Crippen LogP contribution in [0.1, 0.15) is 56.1 Å². The van der Waals surface area contributed by atoms with Crippen LogP contribution in [-0.2, 0) is 0 Å². The molecule has 4 nitrogen and oxygen atoms in total. The maximum Gasteiger partial charge on any atom is 0.123 e. The van der Waals surface area contributed by atoms with Gasteiger partial charge in [-0.3, -0.25) is 0 Å². The first kappa shape index (κ1) is 17.5. The van der Waals surface area contributed by atoms with Crippen molar-refractivity contribution >= 4 is 0 Å². The van der Waals surface area contributed by atoms with Gasteiger partial charge in [0.15, 0.2) is 0 Å². The molecule has 0 amide bonds. The van der Waals surface area contributed by atoms with Crippen molar-refractivity contribution in [2.45, 2.75) is 44.9 Å². The molecule has 0 atom stereocenters. The van der Waals surface area contributed by atoms with E-state index in [0.717, 1.165) is 31.6 Å². The molecule has 3 rings (SSSR count). The standard InChI is InChI=1S/C21H26O4/c1-2-13-3-5-14(6-4-13)21(17-9-7-15(22)11-19(17)24)18-10-8-16(23)12-20(18)25/h7-14,21-25H,2-6H2,1H3. The van der Waals surface area contributed by atoms with Gasteiger partial charge in [0, 0.05) is 29.2 Å². The van der Waals surface area contributed by atoms with E-state index in [2.05, 4.69) is 6.92 Å². The van der Waals surface area contributed by atoms with Gasteiger partial charge in [-0.1, -0.05) is 38.3 Å². The molecule has 25 heavy (non-hydrogen) atoms. The number of benzene rings is 2. The van der Waals surface area contributed by atoms with Crippen LogP contribution in [0.5, 0.6) is 23.0 Å². The molecule has 0 aromatic heterocycles. The van der Waals surface area contributed by atoms with E-state index >= 15 is 0 Å². The van der Waals surface area contributed by atoms with Gasteiger partial charge in [0.1, 0.15) is 23.0 Å². The maximum atomic E-state index is 10.4. The minimum atomic E-state index is -0.168. The Hall–Kier alpha value is -2.36. The van der Waals surface area contributed by atoms with E-state index < -0.39 is 0 Å². The molecule has 1 fully saturated rings. The Kier molecular flexibility index (Phi) is 5.07. The van der Waals surface area contributed by atoms with Crippen LogP contribution in [0, 0.1) is 11.8 Å². The highest BCUT2D eigenvalue weighted by molar-refractivity contribution is 5.50. The van der Waals surface area contributed by atoms with Crippen molar-refractivity contribution < 1.29 is 20.4 Å². The van der Waals surface area contributed by atoms with E-state index in [9.17, 15) is 20.4 Å². The highest BCUT2D eigenvalue weighted by Crippen LogP contribution is 2.47. The van der Waals surface area contributed by atoms with E-state index in [1.807, 2.05) is 0 Å². The number of rotatable bonds is 4. The highest BCUT2D eigenvalue weighted by Gasteiger charge is 2.32. The molecule has 1 aliphatic rings. The molecular formula is C21H26O4. The van der Waals surface area contributed by atoms with E-state index in [1.54, 1.807) is 24.3 Å². The first-order chi connectivity index (χ1) is 12.0. The fourth-order valence-corrected chi connectivity index (χ4v) is 4.20. The minimum absolute atomic E-state index is 0.0182. The lowest BCUT2D eigenvalue weighted by atomic mass is 9.70. The second-order valence-electron chi connectivity index (χ2n) is 7.15. The van der Waals surface area contributed by atoms with Gasteiger partial charge < -0.3 is 20.4 Å². The van der Waals surface area contributed by atoms with Gasteiger partial charge in [0.2, 0.25) is 0 Å². The van der Waals surface area contributed by atoms with Crippen LogP contribution >= 0.6 is 0 Å². The zero-order valence-electron chi connectivity index (χ0n) is 14.5. The lowest BCUT2D eigenvalue weighted by Crippen LogP contribution is -2.21. The lowest BCUT2D eigenvalue weighted by Gasteiger charge is -2.34. The number of hydrogen-bond acceptors (Lipinski definition) is 4. The summed E-state index contributed by atoms with van der Waals surface area (Å²) in [4.78, 5) is 0. The van der Waals surface area contributed by atoms with Crippen LogP contribution in [0.2, 0.25) is 0 Å². The number of phenolic OH excluding ortho intramolecular Hbond substituents is 4. The third-order valence-electron chi connectivity index (χ3n) is 5.64. The molecule has 4 N–H and O–H groups in total. The van der Waals surface area contributed by atoms with Crippen molar-refractivity contribution in [3.8, 4) is 23.0 Å². The molecule has 4 heteroatoms. The first-order valence-corrected chi connectivity index (χ1v) is 9.03. The minimum Gasteiger partial charge on any atom is -0.508 e. The third kappa shape index (κ3) is 3.68. The van der Waals surface area contributed by atoms with Crippen LogP contribution < -0.4 is 0 Å². The third-order valence-corrected chi connectivity index (χ3v) is 5.64. The Morgan fingerprint density at radius 3 is 1.68 bits per heavy atom. The summed E-state index contributed by atoms with van der Waals surface area (Å²) in [5.74, 6) is 0.992. The van der Waals surface area contributed by atoms with E-state index in [1.165, 1.54) is 18.6 Å². The van der Waals surface area contributed by atoms with Crippen LogP contribution in [0.25, 0.3) is 0 Å². The van der Waals surface area contributed by atoms with Gasteiger partial charge in [-0.2, -0.15) is 0 Å². The average Bonchev–Trinajstić information content (AvgIpc) is 2.59. The Bertz CT molecular complexity index is 681. The zero-order valence-corrected chi connectivity index (χ0v) is 14.5. The summed E-state index contributed by atoms with van der Waals surface area (Å²) in [5, 5.41) is 40.0. The van der Waals surface area contributed by atoms with Gasteiger partial charge in [-0.25, -0.2) is 0 Å². The fraction of sp³-hybridized carbons (Fsp3) is 0.429. The Morgan fingerprint density at radius 2 is 1.28 bits per heavy atom. The molecule has 2 aromatic carbocycles. The van der Waals surface area contributed by atoms with Crippen LogP contribution in [-0.4, -0.2) is 20.4 Å². The van der Waals surface area contributed by atoms with Crippen LogP contribution in [0.3, 0.4) is 0 Å². The van der Waals surface area contributed by atoms with Gasteiger partial charge in [-0.15, -0.1) is 0 Å². The molecule has 0 bridgehead atoms. The summed E-state index contributed by atoms with van der Waals surface area (Å²) in [7, 11) is 0. The Balaban J connectivity index is 2.02. The summed E-state index contributed by atoms with van der Waals surface area (Å²) >= 11 is 0. The van der Waals surface area contributed by atoms with Crippen molar-refractivity contribution in [3.05, 3.63) is 47.5 Å². The summed E-state index contributed by atoms with van der Waals surface area (Å²) < 4.78 is 0. The van der Waals surface area contributed by atoms with E-state index in [0.29, 0.717) is 17.0 Å². The molecule has 0 unspecified atom stereocenters. The number of hydrogen-bond donors (Lipinski definition) is 4. The largest absolute Gasteiger partial charge is 0.508 e. The highest BCUT2D eigenvalue weighted by atomic mass is 16.3. The van der Waals surface area contributed by atoms with Crippen molar-refractivity contribution in [3.63, 3.8) is 0 Å². The van der Waals surface area contributed by atoms with Crippen LogP contribution in [0.4, 0.5) is 0 Å². The second-order valence-corrected chi connectivity index (χ2v) is 7.15. The van der Waals surface area contributed by atoms with Gasteiger partial charge in [0.05, 0.1) is 0 Å². The quantitative estimate of drug-likeness (QED) is 0.640. The predicted octanol–water partition coefficient (Wildman–Crippen LogP) is 4.86. The molecule has 2 aromatic rings. The SMILES string of the molecule is CCC1CCC(C(c2ccc(O)cc2O)c2ccc(O)cc2O)CC1. The molecule has 1 saturated carbocycles. The van der Waals surface area contributed by atoms with Gasteiger partial charge >= 0.3 is 0 Å². The van der Waals surface area contributed by atoms with E-state index in [-0.39, 0.29) is 28.9 Å². The molecule has 0 spiro atoms. The molecular weight excluding hydrogens is 316 g/mol. The van der Waals surface area contributed by atoms with Gasteiger partial charge in [0.25, 0.3) is 0 Å². The van der Waals surface area contributed by atoms with Crippen molar-refractivity contribution in [1.82, 2.24) is 0 Å².